The van der Waals surface area contributed by atoms with Gasteiger partial charge in [-0.25, -0.2) is 0 Å². The van der Waals surface area contributed by atoms with Crippen LogP contribution in [0.3, 0.4) is 0 Å². The number of fused-ring (bicyclic) bond motifs is 1. The van der Waals surface area contributed by atoms with E-state index in [0.29, 0.717) is 19.8 Å². The summed E-state index contributed by atoms with van der Waals surface area (Å²) in [7, 11) is 0. The molecule has 0 saturated carbocycles. The van der Waals surface area contributed by atoms with Gasteiger partial charge < -0.3 is 14.4 Å². The number of hydrogen-bond acceptors (Lipinski definition) is 5. The number of rotatable bonds is 5. The molecule has 2 aromatic rings. The number of hydrogen-bond donors (Lipinski definition) is 0. The predicted molar refractivity (Wildman–Crippen MR) is 115 cm³/mol. The minimum atomic E-state index is -0.0342. The molecule has 2 heterocycles. The molecule has 1 atom stereocenters. The Labute approximate surface area is 177 Å². The number of aryl methyl sites for hydroxylation is 1. The van der Waals surface area contributed by atoms with E-state index in [4.69, 9.17) is 9.47 Å². The maximum Gasteiger partial charge on any atom is 0.243 e. The minimum absolute atomic E-state index is 0.00262. The zero-order valence-corrected chi connectivity index (χ0v) is 17.3. The van der Waals surface area contributed by atoms with Crippen molar-refractivity contribution < 1.29 is 14.3 Å². The van der Waals surface area contributed by atoms with Crippen molar-refractivity contribution in [3.8, 4) is 17.7 Å². The molecular weight excluding hydrogens is 378 g/mol. The summed E-state index contributed by atoms with van der Waals surface area (Å²) in [5.41, 5.74) is 2.96. The van der Waals surface area contributed by atoms with Crippen molar-refractivity contribution >= 4 is 11.6 Å². The van der Waals surface area contributed by atoms with Crippen molar-refractivity contribution in [1.29, 1.82) is 5.26 Å². The standard InChI is InChI=1S/C24H27N3O3/c1-2-18-6-3-7-20(14-18)26(17-25)16-24(28)27-11-4-8-21(27)19-9-10-22-23(15-19)30-13-5-12-29-22/h3,6-7,9-10,14-15,21H,2,4-5,8,11-13,16H2,1H3/t21-/m1/s1. The quantitative estimate of drug-likeness (QED) is 0.554. The number of amides is 1. The maximum atomic E-state index is 13.1. The maximum absolute atomic E-state index is 13.1. The molecule has 30 heavy (non-hydrogen) atoms. The van der Waals surface area contributed by atoms with Crippen molar-refractivity contribution in [3.05, 3.63) is 53.6 Å². The van der Waals surface area contributed by atoms with E-state index in [2.05, 4.69) is 13.1 Å². The zero-order valence-electron chi connectivity index (χ0n) is 17.3. The number of nitriles is 1. The average molecular weight is 405 g/mol. The lowest BCUT2D eigenvalue weighted by Gasteiger charge is -2.27. The summed E-state index contributed by atoms with van der Waals surface area (Å²) in [6, 6.07) is 13.8. The Kier molecular flexibility index (Phi) is 6.08. The van der Waals surface area contributed by atoms with Gasteiger partial charge in [-0.3, -0.25) is 9.69 Å². The second-order valence-corrected chi connectivity index (χ2v) is 7.71. The van der Waals surface area contributed by atoms with E-state index in [0.717, 1.165) is 54.0 Å². The lowest BCUT2D eigenvalue weighted by molar-refractivity contribution is -0.130. The smallest absolute Gasteiger partial charge is 0.243 e. The monoisotopic (exact) mass is 405 g/mol. The van der Waals surface area contributed by atoms with Crippen LogP contribution in [0.4, 0.5) is 5.69 Å². The van der Waals surface area contributed by atoms with Crippen LogP contribution in [0.2, 0.25) is 0 Å². The van der Waals surface area contributed by atoms with Crippen LogP contribution < -0.4 is 14.4 Å². The van der Waals surface area contributed by atoms with Gasteiger partial charge in [-0.1, -0.05) is 25.1 Å². The lowest BCUT2D eigenvalue weighted by Crippen LogP contribution is -2.38. The third kappa shape index (κ3) is 4.20. The first-order chi connectivity index (χ1) is 14.7. The Morgan fingerprint density at radius 1 is 1.17 bits per heavy atom. The number of benzene rings is 2. The van der Waals surface area contributed by atoms with Crippen molar-refractivity contribution in [1.82, 2.24) is 4.90 Å². The van der Waals surface area contributed by atoms with Gasteiger partial charge in [0.25, 0.3) is 0 Å². The molecule has 2 aliphatic rings. The molecule has 0 radical (unpaired) electrons. The van der Waals surface area contributed by atoms with E-state index in [1.165, 1.54) is 4.90 Å². The van der Waals surface area contributed by atoms with E-state index in [-0.39, 0.29) is 18.5 Å². The van der Waals surface area contributed by atoms with Crippen molar-refractivity contribution in [2.24, 2.45) is 0 Å². The number of nitrogens with zero attached hydrogens (tertiary/aromatic N) is 3. The SMILES string of the molecule is CCc1cccc(N(C#N)CC(=O)N2CCC[C@@H]2c2ccc3c(c2)OCCCO3)c1. The molecule has 2 aromatic carbocycles. The molecule has 0 aliphatic carbocycles. The summed E-state index contributed by atoms with van der Waals surface area (Å²) in [5, 5.41) is 9.65. The highest BCUT2D eigenvalue weighted by atomic mass is 16.5. The molecular formula is C24H27N3O3. The highest BCUT2D eigenvalue weighted by molar-refractivity contribution is 5.83. The van der Waals surface area contributed by atoms with E-state index in [9.17, 15) is 10.1 Å². The van der Waals surface area contributed by atoms with Crippen molar-refractivity contribution in [2.45, 2.75) is 38.6 Å². The summed E-state index contributed by atoms with van der Waals surface area (Å²) in [5.74, 6) is 1.48. The van der Waals surface area contributed by atoms with E-state index in [1.807, 2.05) is 47.4 Å². The first kappa shape index (κ1) is 20.1. The fourth-order valence-electron chi connectivity index (χ4n) is 4.15. The summed E-state index contributed by atoms with van der Waals surface area (Å²) in [4.78, 5) is 16.5. The van der Waals surface area contributed by atoms with Gasteiger partial charge in [-0.2, -0.15) is 5.26 Å². The van der Waals surface area contributed by atoms with Gasteiger partial charge in [0.15, 0.2) is 17.7 Å². The third-order valence-corrected chi connectivity index (χ3v) is 5.77. The van der Waals surface area contributed by atoms with E-state index < -0.39 is 0 Å². The molecule has 1 saturated heterocycles. The average Bonchev–Trinajstić information content (AvgIpc) is 3.16. The summed E-state index contributed by atoms with van der Waals surface area (Å²) >= 11 is 0. The summed E-state index contributed by atoms with van der Waals surface area (Å²) < 4.78 is 11.6. The van der Waals surface area contributed by atoms with Crippen molar-refractivity contribution in [2.75, 3.05) is 31.2 Å². The van der Waals surface area contributed by atoms with E-state index >= 15 is 0 Å². The molecule has 6 nitrogen and oxygen atoms in total. The van der Waals surface area contributed by atoms with Gasteiger partial charge in [-0.05, 0) is 54.7 Å². The fraction of sp³-hybridized carbons (Fsp3) is 0.417. The van der Waals surface area contributed by atoms with Crippen LogP contribution in [0.1, 0.15) is 43.4 Å². The molecule has 0 unspecified atom stereocenters. The van der Waals surface area contributed by atoms with E-state index in [1.54, 1.807) is 0 Å². The van der Waals surface area contributed by atoms with Crippen LogP contribution in [0, 0.1) is 11.5 Å². The normalized spacial score (nSPS) is 17.9. The van der Waals surface area contributed by atoms with Gasteiger partial charge in [0.2, 0.25) is 5.91 Å². The van der Waals surface area contributed by atoms with Crippen molar-refractivity contribution in [3.63, 3.8) is 0 Å². The van der Waals surface area contributed by atoms with Gasteiger partial charge in [0.1, 0.15) is 6.54 Å². The summed E-state index contributed by atoms with van der Waals surface area (Å²) in [6.07, 6.45) is 5.78. The van der Waals surface area contributed by atoms with Gasteiger partial charge in [-0.15, -0.1) is 0 Å². The zero-order chi connectivity index (χ0) is 20.9. The van der Waals surface area contributed by atoms with Crippen LogP contribution >= 0.6 is 0 Å². The fourth-order valence-corrected chi connectivity index (χ4v) is 4.15. The van der Waals surface area contributed by atoms with Crippen LogP contribution in [0.5, 0.6) is 11.5 Å². The first-order valence-corrected chi connectivity index (χ1v) is 10.6. The Bertz CT molecular complexity index is 953. The topological polar surface area (TPSA) is 65.8 Å². The molecule has 6 heteroatoms. The molecule has 0 aromatic heterocycles. The Morgan fingerprint density at radius 3 is 2.80 bits per heavy atom. The Balaban J connectivity index is 1.51. The molecule has 0 spiro atoms. The summed E-state index contributed by atoms with van der Waals surface area (Å²) in [6.45, 7) is 4.11. The molecule has 0 N–H and O–H groups in total. The highest BCUT2D eigenvalue weighted by Crippen LogP contribution is 2.38. The number of likely N-dealkylation sites (tertiary alicyclic amines) is 1. The second kappa shape index (κ2) is 9.08. The largest absolute Gasteiger partial charge is 0.490 e. The number of carbonyl (C=O) groups excluding carboxylic acids is 1. The molecule has 1 amide bonds. The lowest BCUT2D eigenvalue weighted by atomic mass is 10.0. The number of anilines is 1. The Morgan fingerprint density at radius 2 is 2.00 bits per heavy atom. The van der Waals surface area contributed by atoms with Crippen LogP contribution in [-0.2, 0) is 11.2 Å². The minimum Gasteiger partial charge on any atom is -0.490 e. The van der Waals surface area contributed by atoms with Gasteiger partial charge in [0.05, 0.1) is 24.9 Å². The molecule has 1 fully saturated rings. The number of ether oxygens (including phenoxy) is 2. The van der Waals surface area contributed by atoms with Gasteiger partial charge >= 0.3 is 0 Å². The molecule has 0 bridgehead atoms. The highest BCUT2D eigenvalue weighted by Gasteiger charge is 2.31. The molecule has 4 rings (SSSR count). The van der Waals surface area contributed by atoms with Crippen LogP contribution in [-0.4, -0.2) is 37.1 Å². The van der Waals surface area contributed by atoms with Gasteiger partial charge in [0, 0.05) is 13.0 Å². The molecule has 156 valence electrons. The molecule has 2 aliphatic heterocycles. The first-order valence-electron chi connectivity index (χ1n) is 10.6. The second-order valence-electron chi connectivity index (χ2n) is 7.71. The van der Waals surface area contributed by atoms with Crippen LogP contribution in [0.25, 0.3) is 0 Å². The third-order valence-electron chi connectivity index (χ3n) is 5.77. The van der Waals surface area contributed by atoms with Crippen LogP contribution in [0.15, 0.2) is 42.5 Å². The predicted octanol–water partition coefficient (Wildman–Crippen LogP) is 4.06. The number of carbonyl (C=O) groups is 1. The Hall–Kier alpha value is -3.20.